The Morgan fingerprint density at radius 3 is 1.84 bits per heavy atom. The molecule has 2 aromatic rings. The van der Waals surface area contributed by atoms with Gasteiger partial charge in [-0.05, 0) is 42.0 Å². The van der Waals surface area contributed by atoms with Crippen LogP contribution in [0.5, 0.6) is 0 Å². The molecule has 0 amide bonds. The number of hydrogen-bond acceptors (Lipinski definition) is 2. The SMILES string of the molecule is CC(C)c1ccc(C(C)(C)CCC(C)(C)c2cc(C(C)(C)C)co2)o1. The summed E-state index contributed by atoms with van der Waals surface area (Å²) in [5, 5.41) is 0. The summed E-state index contributed by atoms with van der Waals surface area (Å²) in [5.41, 5.74) is 1.42. The van der Waals surface area contributed by atoms with Crippen LogP contribution in [0.4, 0.5) is 0 Å². The third-order valence-electron chi connectivity index (χ3n) is 5.37. The summed E-state index contributed by atoms with van der Waals surface area (Å²) in [4.78, 5) is 0. The second-order valence-electron chi connectivity index (χ2n) is 10.1. The Balaban J connectivity index is 2.10. The first-order valence-electron chi connectivity index (χ1n) is 9.53. The second kappa shape index (κ2) is 6.70. The molecule has 140 valence electrons. The van der Waals surface area contributed by atoms with Crippen LogP contribution in [-0.4, -0.2) is 0 Å². The van der Waals surface area contributed by atoms with E-state index in [4.69, 9.17) is 8.83 Å². The van der Waals surface area contributed by atoms with E-state index in [1.165, 1.54) is 5.56 Å². The van der Waals surface area contributed by atoms with Crippen LogP contribution in [0.3, 0.4) is 0 Å². The first-order chi connectivity index (χ1) is 11.3. The maximum absolute atomic E-state index is 6.11. The Morgan fingerprint density at radius 2 is 1.40 bits per heavy atom. The van der Waals surface area contributed by atoms with Gasteiger partial charge in [0.05, 0.1) is 6.26 Å². The van der Waals surface area contributed by atoms with Crippen LogP contribution in [0.2, 0.25) is 0 Å². The molecule has 0 aliphatic carbocycles. The predicted molar refractivity (Wildman–Crippen MR) is 105 cm³/mol. The lowest BCUT2D eigenvalue weighted by Gasteiger charge is -2.29. The number of hydrogen-bond donors (Lipinski definition) is 0. The van der Waals surface area contributed by atoms with Crippen molar-refractivity contribution in [2.24, 2.45) is 0 Å². The summed E-state index contributed by atoms with van der Waals surface area (Å²) in [7, 11) is 0. The van der Waals surface area contributed by atoms with Crippen LogP contribution < -0.4 is 0 Å². The van der Waals surface area contributed by atoms with E-state index in [0.29, 0.717) is 5.92 Å². The molecule has 0 aromatic carbocycles. The summed E-state index contributed by atoms with van der Waals surface area (Å²) in [6.45, 7) is 20.1. The van der Waals surface area contributed by atoms with Gasteiger partial charge in [-0.2, -0.15) is 0 Å². The van der Waals surface area contributed by atoms with Gasteiger partial charge in [0.1, 0.15) is 17.3 Å². The van der Waals surface area contributed by atoms with Gasteiger partial charge < -0.3 is 8.83 Å². The molecule has 0 spiro atoms. The minimum absolute atomic E-state index is 0.00818. The Hall–Kier alpha value is -1.44. The first-order valence-corrected chi connectivity index (χ1v) is 9.53. The molecule has 0 bridgehead atoms. The standard InChI is InChI=1S/C23H36O2/c1-16(2)18-10-11-19(25-18)22(6,7)12-13-23(8,9)20-14-17(15-24-20)21(3,4)5/h10-11,14-16H,12-13H2,1-9H3. The van der Waals surface area contributed by atoms with Gasteiger partial charge in [0.15, 0.2) is 0 Å². The van der Waals surface area contributed by atoms with E-state index in [1.807, 2.05) is 6.26 Å². The van der Waals surface area contributed by atoms with Crippen LogP contribution >= 0.6 is 0 Å². The average Bonchev–Trinajstić information content (AvgIpc) is 3.14. The quantitative estimate of drug-likeness (QED) is 0.548. The van der Waals surface area contributed by atoms with Crippen molar-refractivity contribution in [3.8, 4) is 0 Å². The highest BCUT2D eigenvalue weighted by Gasteiger charge is 2.32. The largest absolute Gasteiger partial charge is 0.468 e. The minimum Gasteiger partial charge on any atom is -0.468 e. The van der Waals surface area contributed by atoms with Crippen molar-refractivity contribution < 1.29 is 8.83 Å². The summed E-state index contributed by atoms with van der Waals surface area (Å²) in [5.74, 6) is 3.67. The molecule has 2 nitrogen and oxygen atoms in total. The summed E-state index contributed by atoms with van der Waals surface area (Å²) >= 11 is 0. The van der Waals surface area contributed by atoms with Crippen molar-refractivity contribution in [1.82, 2.24) is 0 Å². The van der Waals surface area contributed by atoms with Gasteiger partial charge >= 0.3 is 0 Å². The molecule has 0 unspecified atom stereocenters. The molecule has 0 saturated carbocycles. The third-order valence-corrected chi connectivity index (χ3v) is 5.37. The van der Waals surface area contributed by atoms with Gasteiger partial charge in [0, 0.05) is 16.7 Å². The van der Waals surface area contributed by atoms with E-state index in [9.17, 15) is 0 Å². The third kappa shape index (κ3) is 4.59. The van der Waals surface area contributed by atoms with Crippen LogP contribution in [-0.2, 0) is 16.2 Å². The number of furan rings is 2. The average molecular weight is 345 g/mol. The van der Waals surface area contributed by atoms with Crippen molar-refractivity contribution >= 4 is 0 Å². The normalized spacial score (nSPS) is 13.7. The van der Waals surface area contributed by atoms with Gasteiger partial charge in [-0.25, -0.2) is 0 Å². The lowest BCUT2D eigenvalue weighted by molar-refractivity contribution is 0.289. The Kier molecular flexibility index (Phi) is 5.33. The molecule has 0 N–H and O–H groups in total. The molecule has 0 aliphatic heterocycles. The van der Waals surface area contributed by atoms with Crippen molar-refractivity contribution in [2.75, 3.05) is 0 Å². The van der Waals surface area contributed by atoms with Crippen molar-refractivity contribution in [3.05, 3.63) is 47.3 Å². The molecule has 0 atom stereocenters. The van der Waals surface area contributed by atoms with E-state index in [2.05, 4.69) is 80.5 Å². The smallest absolute Gasteiger partial charge is 0.109 e. The Bertz CT molecular complexity index is 690. The fourth-order valence-electron chi connectivity index (χ4n) is 2.98. The van der Waals surface area contributed by atoms with Crippen molar-refractivity contribution in [1.29, 1.82) is 0 Å². The van der Waals surface area contributed by atoms with Gasteiger partial charge in [0.2, 0.25) is 0 Å². The minimum atomic E-state index is 0.00818. The van der Waals surface area contributed by atoms with E-state index in [-0.39, 0.29) is 16.2 Å². The topological polar surface area (TPSA) is 26.3 Å². The summed E-state index contributed by atoms with van der Waals surface area (Å²) < 4.78 is 12.0. The highest BCUT2D eigenvalue weighted by atomic mass is 16.3. The van der Waals surface area contributed by atoms with Gasteiger partial charge in [-0.1, -0.05) is 62.3 Å². The van der Waals surface area contributed by atoms with Crippen LogP contribution in [0.15, 0.2) is 33.3 Å². The molecular formula is C23H36O2. The lowest BCUT2D eigenvalue weighted by Crippen LogP contribution is -2.23. The van der Waals surface area contributed by atoms with Crippen LogP contribution in [0, 0.1) is 0 Å². The van der Waals surface area contributed by atoms with Gasteiger partial charge in [-0.15, -0.1) is 0 Å². The number of rotatable bonds is 6. The van der Waals surface area contributed by atoms with Gasteiger partial charge in [-0.3, -0.25) is 0 Å². The highest BCUT2D eigenvalue weighted by molar-refractivity contribution is 5.25. The monoisotopic (exact) mass is 344 g/mol. The molecule has 0 fully saturated rings. The molecule has 2 rings (SSSR count). The van der Waals surface area contributed by atoms with Crippen molar-refractivity contribution in [3.63, 3.8) is 0 Å². The molecule has 0 radical (unpaired) electrons. The highest BCUT2D eigenvalue weighted by Crippen LogP contribution is 2.38. The van der Waals surface area contributed by atoms with Crippen LogP contribution in [0.25, 0.3) is 0 Å². The molecular weight excluding hydrogens is 308 g/mol. The molecule has 2 heterocycles. The Labute approximate surface area is 154 Å². The van der Waals surface area contributed by atoms with E-state index in [0.717, 1.165) is 30.1 Å². The van der Waals surface area contributed by atoms with E-state index < -0.39 is 0 Å². The Morgan fingerprint density at radius 1 is 0.840 bits per heavy atom. The lowest BCUT2D eigenvalue weighted by atomic mass is 9.76. The van der Waals surface area contributed by atoms with Crippen molar-refractivity contribution in [2.45, 2.75) is 97.3 Å². The zero-order valence-electron chi connectivity index (χ0n) is 17.6. The summed E-state index contributed by atoms with van der Waals surface area (Å²) in [6.07, 6.45) is 4.02. The zero-order valence-corrected chi connectivity index (χ0v) is 17.6. The molecule has 0 aliphatic rings. The van der Waals surface area contributed by atoms with E-state index in [1.54, 1.807) is 0 Å². The summed E-state index contributed by atoms with van der Waals surface area (Å²) in [6, 6.07) is 6.50. The molecule has 0 saturated heterocycles. The second-order valence-corrected chi connectivity index (χ2v) is 10.1. The van der Waals surface area contributed by atoms with Gasteiger partial charge in [0.25, 0.3) is 0 Å². The molecule has 25 heavy (non-hydrogen) atoms. The van der Waals surface area contributed by atoms with E-state index >= 15 is 0 Å². The fourth-order valence-corrected chi connectivity index (χ4v) is 2.98. The molecule has 2 heteroatoms. The fraction of sp³-hybridized carbons (Fsp3) is 0.652. The zero-order chi connectivity index (χ0) is 19.0. The first kappa shape index (κ1) is 19.9. The van der Waals surface area contributed by atoms with Crippen LogP contribution in [0.1, 0.15) is 104 Å². The molecule has 2 aromatic heterocycles. The maximum Gasteiger partial charge on any atom is 0.109 e. The maximum atomic E-state index is 6.11. The predicted octanol–water partition coefficient (Wildman–Crippen LogP) is 7.33.